The van der Waals surface area contributed by atoms with Crippen molar-refractivity contribution >= 4 is 17.3 Å². The molecule has 1 aliphatic heterocycles. The van der Waals surface area contributed by atoms with Crippen molar-refractivity contribution in [3.63, 3.8) is 0 Å². The number of fused-ring (bicyclic) bond motifs is 1. The highest BCUT2D eigenvalue weighted by molar-refractivity contribution is 6.31. The summed E-state index contributed by atoms with van der Waals surface area (Å²) < 4.78 is 13.4. The first kappa shape index (κ1) is 13.4. The first-order chi connectivity index (χ1) is 9.65. The Hall–Kier alpha value is -1.54. The van der Waals surface area contributed by atoms with Gasteiger partial charge in [-0.3, -0.25) is 0 Å². The van der Waals surface area contributed by atoms with Gasteiger partial charge < -0.3 is 4.90 Å². The molecule has 0 saturated heterocycles. The van der Waals surface area contributed by atoms with Gasteiger partial charge in [-0.05, 0) is 55.2 Å². The molecule has 1 atom stereocenters. The van der Waals surface area contributed by atoms with E-state index < -0.39 is 0 Å². The second-order valence-corrected chi connectivity index (χ2v) is 5.79. The fourth-order valence-corrected chi connectivity index (χ4v) is 3.04. The number of rotatable bonds is 2. The SMILES string of the molecule is CC1CCc2cc(F)ccc2N1Cc1ccccc1Cl. The van der Waals surface area contributed by atoms with Crippen molar-refractivity contribution in [1.29, 1.82) is 0 Å². The Balaban J connectivity index is 1.95. The summed E-state index contributed by atoms with van der Waals surface area (Å²) in [7, 11) is 0. The molecule has 0 N–H and O–H groups in total. The molecule has 3 rings (SSSR count). The van der Waals surface area contributed by atoms with Gasteiger partial charge in [-0.25, -0.2) is 4.39 Å². The number of hydrogen-bond acceptors (Lipinski definition) is 1. The van der Waals surface area contributed by atoms with Crippen molar-refractivity contribution in [3.8, 4) is 0 Å². The second-order valence-electron chi connectivity index (χ2n) is 5.38. The molecule has 1 unspecified atom stereocenters. The topological polar surface area (TPSA) is 3.24 Å². The van der Waals surface area contributed by atoms with Crippen LogP contribution < -0.4 is 4.90 Å². The summed E-state index contributed by atoms with van der Waals surface area (Å²) in [5, 5.41) is 0.786. The van der Waals surface area contributed by atoms with Crippen LogP contribution in [-0.2, 0) is 13.0 Å². The molecule has 0 amide bonds. The minimum atomic E-state index is -0.156. The van der Waals surface area contributed by atoms with Gasteiger partial charge in [0, 0.05) is 23.3 Å². The molecule has 104 valence electrons. The Labute approximate surface area is 124 Å². The molecule has 0 fully saturated rings. The highest BCUT2D eigenvalue weighted by Crippen LogP contribution is 2.33. The predicted octanol–water partition coefficient (Wildman–Crippen LogP) is 4.82. The van der Waals surface area contributed by atoms with Crippen LogP contribution in [0.15, 0.2) is 42.5 Å². The molecular formula is C17H17ClFN. The average Bonchev–Trinajstić information content (AvgIpc) is 2.44. The second kappa shape index (κ2) is 5.45. The van der Waals surface area contributed by atoms with E-state index in [0.717, 1.165) is 41.2 Å². The molecule has 1 aliphatic rings. The van der Waals surface area contributed by atoms with E-state index in [1.54, 1.807) is 6.07 Å². The van der Waals surface area contributed by atoms with Gasteiger partial charge in [0.1, 0.15) is 5.82 Å². The van der Waals surface area contributed by atoms with Crippen LogP contribution in [0.4, 0.5) is 10.1 Å². The first-order valence-electron chi connectivity index (χ1n) is 6.93. The molecule has 2 aromatic carbocycles. The van der Waals surface area contributed by atoms with Crippen molar-refractivity contribution in [2.24, 2.45) is 0 Å². The van der Waals surface area contributed by atoms with Gasteiger partial charge in [0.05, 0.1) is 0 Å². The lowest BCUT2D eigenvalue weighted by molar-refractivity contribution is 0.554. The molecule has 2 aromatic rings. The quantitative estimate of drug-likeness (QED) is 0.766. The molecule has 3 heteroatoms. The minimum Gasteiger partial charge on any atom is -0.364 e. The van der Waals surface area contributed by atoms with E-state index in [-0.39, 0.29) is 5.82 Å². The summed E-state index contributed by atoms with van der Waals surface area (Å²) in [6.07, 6.45) is 1.98. The number of aryl methyl sites for hydroxylation is 1. The summed E-state index contributed by atoms with van der Waals surface area (Å²) in [5.74, 6) is -0.156. The molecular weight excluding hydrogens is 273 g/mol. The summed E-state index contributed by atoms with van der Waals surface area (Å²) in [6, 6.07) is 13.4. The van der Waals surface area contributed by atoms with E-state index in [1.165, 1.54) is 6.07 Å². The Kier molecular flexibility index (Phi) is 3.66. The van der Waals surface area contributed by atoms with Gasteiger partial charge in [-0.2, -0.15) is 0 Å². The number of nitrogens with zero attached hydrogens (tertiary/aromatic N) is 1. The minimum absolute atomic E-state index is 0.156. The lowest BCUT2D eigenvalue weighted by Gasteiger charge is -2.37. The van der Waals surface area contributed by atoms with Crippen molar-refractivity contribution in [2.75, 3.05) is 4.90 Å². The van der Waals surface area contributed by atoms with E-state index in [2.05, 4.69) is 11.8 Å². The molecule has 0 spiro atoms. The lowest BCUT2D eigenvalue weighted by atomic mass is 9.96. The molecule has 1 heterocycles. The van der Waals surface area contributed by atoms with Gasteiger partial charge in [-0.1, -0.05) is 29.8 Å². The van der Waals surface area contributed by atoms with E-state index in [1.807, 2.05) is 30.3 Å². The number of halogens is 2. The third-order valence-corrected chi connectivity index (χ3v) is 4.38. The van der Waals surface area contributed by atoms with Gasteiger partial charge in [0.2, 0.25) is 0 Å². The maximum atomic E-state index is 13.4. The largest absolute Gasteiger partial charge is 0.364 e. The zero-order valence-corrected chi connectivity index (χ0v) is 12.2. The van der Waals surface area contributed by atoms with Crippen LogP contribution in [0.2, 0.25) is 5.02 Å². The zero-order chi connectivity index (χ0) is 14.1. The molecule has 1 nitrogen and oxygen atoms in total. The fourth-order valence-electron chi connectivity index (χ4n) is 2.84. The third kappa shape index (κ3) is 2.53. The van der Waals surface area contributed by atoms with Crippen LogP contribution in [0.3, 0.4) is 0 Å². The highest BCUT2D eigenvalue weighted by atomic mass is 35.5. The van der Waals surface area contributed by atoms with Crippen molar-refractivity contribution < 1.29 is 4.39 Å². The standard InChI is InChI=1S/C17H17ClFN/c1-12-6-7-13-10-15(19)8-9-17(13)20(12)11-14-4-2-3-5-16(14)18/h2-5,8-10,12H,6-7,11H2,1H3. The maximum Gasteiger partial charge on any atom is 0.123 e. The predicted molar refractivity (Wildman–Crippen MR) is 81.8 cm³/mol. The number of benzene rings is 2. The summed E-state index contributed by atoms with van der Waals surface area (Å²) in [6.45, 7) is 2.97. The van der Waals surface area contributed by atoms with Crippen molar-refractivity contribution in [1.82, 2.24) is 0 Å². The molecule has 0 aromatic heterocycles. The smallest absolute Gasteiger partial charge is 0.123 e. The summed E-state index contributed by atoms with van der Waals surface area (Å²) in [5.41, 5.74) is 3.33. The van der Waals surface area contributed by atoms with E-state index in [0.29, 0.717) is 6.04 Å². The first-order valence-corrected chi connectivity index (χ1v) is 7.31. The van der Waals surface area contributed by atoms with Crippen molar-refractivity contribution in [2.45, 2.75) is 32.4 Å². The van der Waals surface area contributed by atoms with E-state index >= 15 is 0 Å². The van der Waals surface area contributed by atoms with Crippen LogP contribution in [0.5, 0.6) is 0 Å². The van der Waals surface area contributed by atoms with Crippen LogP contribution in [-0.4, -0.2) is 6.04 Å². The van der Waals surface area contributed by atoms with Crippen LogP contribution in [0.25, 0.3) is 0 Å². The number of anilines is 1. The molecule has 0 saturated carbocycles. The molecule has 0 aliphatic carbocycles. The molecule has 0 radical (unpaired) electrons. The summed E-state index contributed by atoms with van der Waals surface area (Å²) in [4.78, 5) is 2.32. The summed E-state index contributed by atoms with van der Waals surface area (Å²) >= 11 is 6.26. The normalized spacial score (nSPS) is 17.9. The van der Waals surface area contributed by atoms with Gasteiger partial charge in [0.25, 0.3) is 0 Å². The number of hydrogen-bond donors (Lipinski definition) is 0. The zero-order valence-electron chi connectivity index (χ0n) is 11.4. The van der Waals surface area contributed by atoms with E-state index in [9.17, 15) is 4.39 Å². The van der Waals surface area contributed by atoms with Crippen LogP contribution in [0.1, 0.15) is 24.5 Å². The van der Waals surface area contributed by atoms with Gasteiger partial charge in [-0.15, -0.1) is 0 Å². The van der Waals surface area contributed by atoms with Crippen LogP contribution in [0, 0.1) is 5.82 Å². The fraction of sp³-hybridized carbons (Fsp3) is 0.294. The third-order valence-electron chi connectivity index (χ3n) is 4.01. The average molecular weight is 290 g/mol. The van der Waals surface area contributed by atoms with Gasteiger partial charge in [0.15, 0.2) is 0 Å². The monoisotopic (exact) mass is 289 g/mol. The van der Waals surface area contributed by atoms with Gasteiger partial charge >= 0.3 is 0 Å². The molecule has 20 heavy (non-hydrogen) atoms. The Bertz CT molecular complexity index is 626. The van der Waals surface area contributed by atoms with Crippen molar-refractivity contribution in [3.05, 3.63) is 64.4 Å². The Morgan fingerprint density at radius 3 is 2.85 bits per heavy atom. The maximum absolute atomic E-state index is 13.4. The van der Waals surface area contributed by atoms with E-state index in [4.69, 9.17) is 11.6 Å². The molecule has 0 bridgehead atoms. The lowest BCUT2D eigenvalue weighted by Crippen LogP contribution is -2.36. The highest BCUT2D eigenvalue weighted by Gasteiger charge is 2.23. The Morgan fingerprint density at radius 1 is 1.25 bits per heavy atom. The van der Waals surface area contributed by atoms with Crippen LogP contribution >= 0.6 is 11.6 Å². The Morgan fingerprint density at radius 2 is 2.05 bits per heavy atom.